The van der Waals surface area contributed by atoms with Crippen LogP contribution in [0.3, 0.4) is 0 Å². The molecule has 1 aromatic rings. The van der Waals surface area contributed by atoms with Crippen molar-refractivity contribution >= 4 is 23.4 Å². The van der Waals surface area contributed by atoms with Crippen LogP contribution in [-0.4, -0.2) is 35.8 Å². The molecule has 0 radical (unpaired) electrons. The fourth-order valence-electron chi connectivity index (χ4n) is 2.14. The van der Waals surface area contributed by atoms with Crippen LogP contribution >= 0.6 is 11.6 Å². The molecule has 1 saturated heterocycles. The predicted molar refractivity (Wildman–Crippen MR) is 79.2 cm³/mol. The summed E-state index contributed by atoms with van der Waals surface area (Å²) in [5.41, 5.74) is 0.547. The number of hydrogen-bond donors (Lipinski definition) is 1. The molecular weight excluding hydrogens is 278 g/mol. The summed E-state index contributed by atoms with van der Waals surface area (Å²) in [5, 5.41) is 3.38. The zero-order valence-corrected chi connectivity index (χ0v) is 12.8. The van der Waals surface area contributed by atoms with Crippen molar-refractivity contribution in [3.8, 4) is 0 Å². The zero-order chi connectivity index (χ0) is 14.8. The van der Waals surface area contributed by atoms with Crippen molar-refractivity contribution < 1.29 is 9.53 Å². The third-order valence-electron chi connectivity index (χ3n) is 2.99. The third-order valence-corrected chi connectivity index (χ3v) is 3.21. The highest BCUT2D eigenvalue weighted by Crippen LogP contribution is 2.21. The quantitative estimate of drug-likeness (QED) is 0.853. The molecule has 1 atom stereocenters. The summed E-state index contributed by atoms with van der Waals surface area (Å²) in [6.07, 6.45) is 2.28. The minimum absolute atomic E-state index is 0.0977. The van der Waals surface area contributed by atoms with Crippen molar-refractivity contribution in [2.24, 2.45) is 0 Å². The molecule has 0 aliphatic carbocycles. The summed E-state index contributed by atoms with van der Waals surface area (Å²) < 4.78 is 5.26. The molecule has 6 heteroatoms. The van der Waals surface area contributed by atoms with Crippen molar-refractivity contribution in [1.82, 2.24) is 10.3 Å². The van der Waals surface area contributed by atoms with Gasteiger partial charge in [-0.25, -0.2) is 9.78 Å². The van der Waals surface area contributed by atoms with Crippen molar-refractivity contribution in [2.45, 2.75) is 38.8 Å². The number of carbonyl (C=O) groups excluding carboxylic acids is 1. The maximum absolute atomic E-state index is 11.7. The Kier molecular flexibility index (Phi) is 4.38. The number of hydrogen-bond acceptors (Lipinski definition) is 4. The number of amides is 1. The van der Waals surface area contributed by atoms with Gasteiger partial charge in [-0.1, -0.05) is 11.6 Å². The Hall–Kier alpha value is -1.49. The van der Waals surface area contributed by atoms with Crippen LogP contribution in [0.25, 0.3) is 0 Å². The minimum atomic E-state index is -0.470. The largest absolute Gasteiger partial charge is 0.444 e. The number of halogens is 1. The van der Waals surface area contributed by atoms with Crippen molar-refractivity contribution in [2.75, 3.05) is 18.0 Å². The monoisotopic (exact) mass is 297 g/mol. The number of alkyl carbamates (subject to hydrolysis) is 1. The summed E-state index contributed by atoms with van der Waals surface area (Å²) in [7, 11) is 0. The molecule has 0 aromatic carbocycles. The third kappa shape index (κ3) is 4.27. The van der Waals surface area contributed by atoms with Gasteiger partial charge in [-0.2, -0.15) is 0 Å². The van der Waals surface area contributed by atoms with Gasteiger partial charge in [0.15, 0.2) is 0 Å². The van der Waals surface area contributed by atoms with E-state index in [9.17, 15) is 4.79 Å². The molecule has 20 heavy (non-hydrogen) atoms. The van der Waals surface area contributed by atoms with Crippen molar-refractivity contribution in [3.63, 3.8) is 0 Å². The Bertz CT molecular complexity index is 470. The Labute approximate surface area is 124 Å². The second-order valence-corrected chi connectivity index (χ2v) is 6.30. The molecule has 110 valence electrons. The van der Waals surface area contributed by atoms with Crippen LogP contribution in [0.1, 0.15) is 27.2 Å². The highest BCUT2D eigenvalue weighted by Gasteiger charge is 2.26. The first kappa shape index (κ1) is 14.9. The maximum atomic E-state index is 11.7. The van der Waals surface area contributed by atoms with Crippen LogP contribution in [0.2, 0.25) is 5.15 Å². The number of nitrogens with zero attached hydrogens (tertiary/aromatic N) is 2. The smallest absolute Gasteiger partial charge is 0.407 e. The number of nitrogens with one attached hydrogen (secondary N) is 1. The van der Waals surface area contributed by atoms with E-state index in [0.717, 1.165) is 25.2 Å². The van der Waals surface area contributed by atoms with Crippen LogP contribution in [-0.2, 0) is 4.74 Å². The van der Waals surface area contributed by atoms with E-state index in [4.69, 9.17) is 16.3 Å². The topological polar surface area (TPSA) is 54.5 Å². The first-order chi connectivity index (χ1) is 9.33. The summed E-state index contributed by atoms with van der Waals surface area (Å²) in [6.45, 7) is 7.19. The Morgan fingerprint density at radius 3 is 2.85 bits per heavy atom. The van der Waals surface area contributed by atoms with Gasteiger partial charge >= 0.3 is 6.09 Å². The SMILES string of the molecule is CC(C)(C)OC(=O)NC1CCN(c2ccc(Cl)nc2)C1. The van der Waals surface area contributed by atoms with E-state index in [2.05, 4.69) is 15.2 Å². The number of pyridine rings is 1. The lowest BCUT2D eigenvalue weighted by Crippen LogP contribution is -2.40. The molecule has 1 aromatic heterocycles. The van der Waals surface area contributed by atoms with Crippen LogP contribution < -0.4 is 10.2 Å². The van der Waals surface area contributed by atoms with E-state index in [-0.39, 0.29) is 12.1 Å². The van der Waals surface area contributed by atoms with Crippen LogP contribution in [0, 0.1) is 0 Å². The van der Waals surface area contributed by atoms with Crippen molar-refractivity contribution in [3.05, 3.63) is 23.5 Å². The molecule has 5 nitrogen and oxygen atoms in total. The number of aromatic nitrogens is 1. The van der Waals surface area contributed by atoms with Crippen LogP contribution in [0.4, 0.5) is 10.5 Å². The average molecular weight is 298 g/mol. The lowest BCUT2D eigenvalue weighted by atomic mass is 10.2. The second kappa shape index (κ2) is 5.87. The molecule has 2 rings (SSSR count). The van der Waals surface area contributed by atoms with E-state index in [0.29, 0.717) is 5.15 Å². The molecule has 1 fully saturated rings. The maximum Gasteiger partial charge on any atom is 0.407 e. The fraction of sp³-hybridized carbons (Fsp3) is 0.571. The minimum Gasteiger partial charge on any atom is -0.444 e. The van der Waals surface area contributed by atoms with Gasteiger partial charge in [-0.3, -0.25) is 0 Å². The van der Waals surface area contributed by atoms with E-state index >= 15 is 0 Å². The number of anilines is 1. The highest BCUT2D eigenvalue weighted by atomic mass is 35.5. The zero-order valence-electron chi connectivity index (χ0n) is 12.0. The average Bonchev–Trinajstić information content (AvgIpc) is 2.75. The van der Waals surface area contributed by atoms with Gasteiger partial charge in [0.05, 0.1) is 17.9 Å². The standard InChI is InChI=1S/C14H20ClN3O2/c1-14(2,3)20-13(19)17-10-6-7-18(9-10)11-4-5-12(15)16-8-11/h4-5,8,10H,6-7,9H2,1-3H3,(H,17,19). The first-order valence-corrected chi connectivity index (χ1v) is 7.07. The molecular formula is C14H20ClN3O2. The fourth-order valence-corrected chi connectivity index (χ4v) is 2.25. The Morgan fingerprint density at radius 2 is 2.25 bits per heavy atom. The normalized spacial score (nSPS) is 19.0. The van der Waals surface area contributed by atoms with E-state index < -0.39 is 5.60 Å². The number of ether oxygens (including phenoxy) is 1. The molecule has 2 heterocycles. The van der Waals surface area contributed by atoms with Gasteiger partial charge in [0, 0.05) is 13.1 Å². The molecule has 1 N–H and O–H groups in total. The number of rotatable bonds is 2. The van der Waals surface area contributed by atoms with Gasteiger partial charge in [-0.05, 0) is 39.3 Å². The van der Waals surface area contributed by atoms with E-state index in [1.807, 2.05) is 26.8 Å². The second-order valence-electron chi connectivity index (χ2n) is 5.92. The first-order valence-electron chi connectivity index (χ1n) is 6.69. The summed E-state index contributed by atoms with van der Waals surface area (Å²) in [4.78, 5) is 18.0. The Balaban J connectivity index is 1.86. The summed E-state index contributed by atoms with van der Waals surface area (Å²) in [6, 6.07) is 3.80. The predicted octanol–water partition coefficient (Wildman–Crippen LogP) is 2.84. The molecule has 1 amide bonds. The molecule has 1 unspecified atom stereocenters. The lowest BCUT2D eigenvalue weighted by Gasteiger charge is -2.22. The lowest BCUT2D eigenvalue weighted by molar-refractivity contribution is 0.0509. The molecule has 1 aliphatic rings. The molecule has 0 bridgehead atoms. The van der Waals surface area contributed by atoms with Crippen LogP contribution in [0.5, 0.6) is 0 Å². The van der Waals surface area contributed by atoms with E-state index in [1.54, 1.807) is 12.3 Å². The van der Waals surface area contributed by atoms with E-state index in [1.165, 1.54) is 0 Å². The van der Waals surface area contributed by atoms with Crippen molar-refractivity contribution in [1.29, 1.82) is 0 Å². The molecule has 0 spiro atoms. The van der Waals surface area contributed by atoms with Gasteiger partial charge in [0.1, 0.15) is 10.8 Å². The number of carbonyl (C=O) groups is 1. The highest BCUT2D eigenvalue weighted by molar-refractivity contribution is 6.29. The Morgan fingerprint density at radius 1 is 1.50 bits per heavy atom. The summed E-state index contributed by atoms with van der Waals surface area (Å²) in [5.74, 6) is 0. The summed E-state index contributed by atoms with van der Waals surface area (Å²) >= 11 is 5.77. The van der Waals surface area contributed by atoms with Crippen LogP contribution in [0.15, 0.2) is 18.3 Å². The molecule has 1 aliphatic heterocycles. The van der Waals surface area contributed by atoms with Gasteiger partial charge in [0.25, 0.3) is 0 Å². The van der Waals surface area contributed by atoms with Gasteiger partial charge in [0.2, 0.25) is 0 Å². The molecule has 0 saturated carbocycles. The van der Waals surface area contributed by atoms with Gasteiger partial charge < -0.3 is 15.0 Å². The van der Waals surface area contributed by atoms with Gasteiger partial charge in [-0.15, -0.1) is 0 Å².